The lowest BCUT2D eigenvalue weighted by atomic mass is 10.1. The molecule has 0 radical (unpaired) electrons. The number of rotatable bonds is 3. The van der Waals surface area contributed by atoms with Crippen LogP contribution >= 0.6 is 0 Å². The van der Waals surface area contributed by atoms with Crippen LogP contribution in [0, 0.1) is 12.7 Å². The minimum absolute atomic E-state index is 0.276. The molecule has 1 N–H and O–H groups in total. The SMILES string of the molecule is CCc1cccc(C)c1NC(=O)C(=O)N1CCN(c2ccccc2F)CC1. The Morgan fingerprint density at radius 1 is 1.04 bits per heavy atom. The molecule has 0 aromatic heterocycles. The van der Waals surface area contributed by atoms with E-state index in [0.29, 0.717) is 37.6 Å². The van der Waals surface area contributed by atoms with E-state index in [1.54, 1.807) is 18.2 Å². The van der Waals surface area contributed by atoms with Gasteiger partial charge in [-0.2, -0.15) is 0 Å². The van der Waals surface area contributed by atoms with Gasteiger partial charge in [0.05, 0.1) is 5.69 Å². The normalized spacial score (nSPS) is 14.2. The fourth-order valence-electron chi connectivity index (χ4n) is 3.37. The maximum Gasteiger partial charge on any atom is 0.313 e. The van der Waals surface area contributed by atoms with Gasteiger partial charge in [-0.15, -0.1) is 0 Å². The Kier molecular flexibility index (Phi) is 5.74. The van der Waals surface area contributed by atoms with Crippen molar-refractivity contribution in [3.05, 3.63) is 59.4 Å². The number of para-hydroxylation sites is 2. The Labute approximate surface area is 158 Å². The molecule has 0 saturated carbocycles. The smallest absolute Gasteiger partial charge is 0.313 e. The second kappa shape index (κ2) is 8.20. The predicted molar refractivity (Wildman–Crippen MR) is 104 cm³/mol. The van der Waals surface area contributed by atoms with Gasteiger partial charge in [0.15, 0.2) is 0 Å². The van der Waals surface area contributed by atoms with E-state index in [2.05, 4.69) is 5.32 Å². The summed E-state index contributed by atoms with van der Waals surface area (Å²) in [4.78, 5) is 28.4. The van der Waals surface area contributed by atoms with Crippen LogP contribution in [0.3, 0.4) is 0 Å². The van der Waals surface area contributed by atoms with Crippen molar-refractivity contribution < 1.29 is 14.0 Å². The Balaban J connectivity index is 1.63. The Bertz CT molecular complexity index is 845. The summed E-state index contributed by atoms with van der Waals surface area (Å²) in [5.74, 6) is -1.45. The highest BCUT2D eigenvalue weighted by atomic mass is 19.1. The average molecular weight is 369 g/mol. The van der Waals surface area contributed by atoms with Gasteiger partial charge in [-0.3, -0.25) is 9.59 Å². The minimum Gasteiger partial charge on any atom is -0.366 e. The third-order valence-electron chi connectivity index (χ3n) is 4.93. The van der Waals surface area contributed by atoms with Gasteiger partial charge in [0.1, 0.15) is 5.82 Å². The molecular formula is C21H24FN3O2. The van der Waals surface area contributed by atoms with Crippen molar-refractivity contribution in [2.45, 2.75) is 20.3 Å². The summed E-state index contributed by atoms with van der Waals surface area (Å²) in [6.45, 7) is 5.67. The molecule has 0 bridgehead atoms. The molecule has 1 fully saturated rings. The second-order valence-electron chi connectivity index (χ2n) is 6.65. The number of carbonyl (C=O) groups excluding carboxylic acids is 2. The van der Waals surface area contributed by atoms with Crippen LogP contribution in [0.25, 0.3) is 0 Å². The van der Waals surface area contributed by atoms with E-state index in [4.69, 9.17) is 0 Å². The van der Waals surface area contributed by atoms with E-state index in [9.17, 15) is 14.0 Å². The van der Waals surface area contributed by atoms with Crippen molar-refractivity contribution in [3.63, 3.8) is 0 Å². The van der Waals surface area contributed by atoms with E-state index in [0.717, 1.165) is 17.5 Å². The van der Waals surface area contributed by atoms with E-state index in [1.807, 2.05) is 36.9 Å². The van der Waals surface area contributed by atoms with Gasteiger partial charge >= 0.3 is 11.8 Å². The van der Waals surface area contributed by atoms with E-state index < -0.39 is 11.8 Å². The zero-order valence-electron chi connectivity index (χ0n) is 15.7. The highest BCUT2D eigenvalue weighted by Crippen LogP contribution is 2.22. The van der Waals surface area contributed by atoms with Crippen LogP contribution in [0.2, 0.25) is 0 Å². The summed E-state index contributed by atoms with van der Waals surface area (Å²) in [6.07, 6.45) is 0.771. The molecule has 2 aromatic rings. The summed E-state index contributed by atoms with van der Waals surface area (Å²) in [7, 11) is 0. The van der Waals surface area contributed by atoms with Gasteiger partial charge in [-0.05, 0) is 36.6 Å². The van der Waals surface area contributed by atoms with Crippen molar-refractivity contribution in [1.82, 2.24) is 4.90 Å². The zero-order valence-corrected chi connectivity index (χ0v) is 15.7. The highest BCUT2D eigenvalue weighted by Gasteiger charge is 2.27. The lowest BCUT2D eigenvalue weighted by Gasteiger charge is -2.35. The topological polar surface area (TPSA) is 52.7 Å². The standard InChI is InChI=1S/C21H24FN3O2/c1-3-16-8-6-7-15(2)19(16)23-20(26)21(27)25-13-11-24(12-14-25)18-10-5-4-9-17(18)22/h4-10H,3,11-14H2,1-2H3,(H,23,26). The Morgan fingerprint density at radius 3 is 2.41 bits per heavy atom. The van der Waals surface area contributed by atoms with Gasteiger partial charge in [0, 0.05) is 31.9 Å². The van der Waals surface area contributed by atoms with Crippen LogP contribution in [-0.2, 0) is 16.0 Å². The molecular weight excluding hydrogens is 345 g/mol. The Morgan fingerprint density at radius 2 is 1.74 bits per heavy atom. The van der Waals surface area contributed by atoms with Gasteiger partial charge in [0.25, 0.3) is 0 Å². The number of nitrogens with zero attached hydrogens (tertiary/aromatic N) is 2. The number of aryl methyl sites for hydroxylation is 2. The molecule has 5 nitrogen and oxygen atoms in total. The predicted octanol–water partition coefficient (Wildman–Crippen LogP) is 2.98. The summed E-state index contributed by atoms with van der Waals surface area (Å²) in [5.41, 5.74) is 3.17. The molecule has 1 aliphatic rings. The number of hydrogen-bond donors (Lipinski definition) is 1. The highest BCUT2D eigenvalue weighted by molar-refractivity contribution is 6.39. The van der Waals surface area contributed by atoms with Crippen LogP contribution in [0.15, 0.2) is 42.5 Å². The number of halogens is 1. The summed E-state index contributed by atoms with van der Waals surface area (Å²) >= 11 is 0. The molecule has 0 aliphatic carbocycles. The molecule has 142 valence electrons. The van der Waals surface area contributed by atoms with Gasteiger partial charge in [0.2, 0.25) is 0 Å². The molecule has 1 heterocycles. The number of anilines is 2. The lowest BCUT2D eigenvalue weighted by molar-refractivity contribution is -0.143. The van der Waals surface area contributed by atoms with Crippen LogP contribution in [-0.4, -0.2) is 42.9 Å². The minimum atomic E-state index is -0.627. The zero-order chi connectivity index (χ0) is 19.4. The first-order chi connectivity index (χ1) is 13.0. The number of amides is 2. The molecule has 1 aliphatic heterocycles. The van der Waals surface area contributed by atoms with Crippen molar-refractivity contribution in [2.75, 3.05) is 36.4 Å². The van der Waals surface area contributed by atoms with Crippen molar-refractivity contribution >= 4 is 23.2 Å². The van der Waals surface area contributed by atoms with Crippen LogP contribution in [0.1, 0.15) is 18.1 Å². The summed E-state index contributed by atoms with van der Waals surface area (Å²) in [6, 6.07) is 12.4. The maximum atomic E-state index is 13.9. The number of hydrogen-bond acceptors (Lipinski definition) is 3. The first-order valence-corrected chi connectivity index (χ1v) is 9.19. The van der Waals surface area contributed by atoms with E-state index in [1.165, 1.54) is 11.0 Å². The first-order valence-electron chi connectivity index (χ1n) is 9.19. The molecule has 0 atom stereocenters. The fraction of sp³-hybridized carbons (Fsp3) is 0.333. The molecule has 6 heteroatoms. The van der Waals surface area contributed by atoms with Gasteiger partial charge in [-0.1, -0.05) is 37.3 Å². The second-order valence-corrected chi connectivity index (χ2v) is 6.65. The largest absolute Gasteiger partial charge is 0.366 e. The summed E-state index contributed by atoms with van der Waals surface area (Å²) in [5, 5.41) is 2.78. The molecule has 3 rings (SSSR count). The lowest BCUT2D eigenvalue weighted by Crippen LogP contribution is -2.51. The van der Waals surface area contributed by atoms with Crippen molar-refractivity contribution in [2.24, 2.45) is 0 Å². The van der Waals surface area contributed by atoms with Gasteiger partial charge < -0.3 is 15.1 Å². The molecule has 1 saturated heterocycles. The first kappa shape index (κ1) is 18.9. The number of carbonyl (C=O) groups is 2. The Hall–Kier alpha value is -2.89. The number of nitrogens with one attached hydrogen (secondary N) is 1. The molecule has 0 unspecified atom stereocenters. The van der Waals surface area contributed by atoms with Crippen LogP contribution in [0.4, 0.5) is 15.8 Å². The van der Waals surface area contributed by atoms with Crippen LogP contribution < -0.4 is 10.2 Å². The third-order valence-corrected chi connectivity index (χ3v) is 4.93. The summed E-state index contributed by atoms with van der Waals surface area (Å²) < 4.78 is 13.9. The van der Waals surface area contributed by atoms with Crippen LogP contribution in [0.5, 0.6) is 0 Å². The fourth-order valence-corrected chi connectivity index (χ4v) is 3.37. The average Bonchev–Trinajstić information content (AvgIpc) is 2.69. The number of benzene rings is 2. The third kappa shape index (κ3) is 4.10. The van der Waals surface area contributed by atoms with Crippen molar-refractivity contribution in [3.8, 4) is 0 Å². The molecule has 2 aromatic carbocycles. The van der Waals surface area contributed by atoms with Crippen molar-refractivity contribution in [1.29, 1.82) is 0 Å². The molecule has 0 spiro atoms. The van der Waals surface area contributed by atoms with E-state index >= 15 is 0 Å². The van der Waals surface area contributed by atoms with Gasteiger partial charge in [-0.25, -0.2) is 4.39 Å². The number of piperazine rings is 1. The molecule has 27 heavy (non-hydrogen) atoms. The maximum absolute atomic E-state index is 13.9. The molecule has 2 amide bonds. The quantitative estimate of drug-likeness (QED) is 0.847. The van der Waals surface area contributed by atoms with E-state index in [-0.39, 0.29) is 5.82 Å². The monoisotopic (exact) mass is 369 g/mol.